The van der Waals surface area contributed by atoms with Gasteiger partial charge in [0.1, 0.15) is 6.04 Å². The number of hydrogen-bond acceptors (Lipinski definition) is 7. The van der Waals surface area contributed by atoms with E-state index < -0.39 is 28.5 Å². The molecule has 0 spiro atoms. The molecule has 3 rings (SSSR count). The molecule has 0 aliphatic carbocycles. The molecule has 13 heteroatoms. The van der Waals surface area contributed by atoms with Crippen LogP contribution in [0.15, 0.2) is 6.20 Å². The smallest absolute Gasteiger partial charge is 0.368 e. The Hall–Kier alpha value is -2.22. The number of nitrogens with one attached hydrogen (secondary N) is 1. The van der Waals surface area contributed by atoms with E-state index in [2.05, 4.69) is 9.38 Å². The highest BCUT2D eigenvalue weighted by molar-refractivity contribution is 7.80. The molecule has 2 aliphatic rings. The molecule has 2 atom stereocenters. The first-order valence-electron chi connectivity index (χ1n) is 6.13. The van der Waals surface area contributed by atoms with E-state index in [1.165, 1.54) is 11.1 Å². The van der Waals surface area contributed by atoms with Gasteiger partial charge >= 0.3 is 16.4 Å². The third-order valence-corrected chi connectivity index (χ3v) is 3.95. The van der Waals surface area contributed by atoms with E-state index in [-0.39, 0.29) is 19.0 Å². The SMILES string of the molecule is N=C(N)n1ncc2c1[C@@H](CN)N1C[C@H]2N(OS(=O)(=O)O)C1=O. The van der Waals surface area contributed by atoms with Gasteiger partial charge in [-0.15, -0.1) is 4.28 Å². The van der Waals surface area contributed by atoms with Crippen molar-refractivity contribution >= 4 is 22.4 Å². The van der Waals surface area contributed by atoms with Crippen molar-refractivity contribution < 1.29 is 22.0 Å². The molecule has 1 aromatic rings. The molecule has 2 aliphatic heterocycles. The third-order valence-electron chi connectivity index (χ3n) is 3.60. The molecule has 2 amide bonds. The summed E-state index contributed by atoms with van der Waals surface area (Å²) in [5.41, 5.74) is 12.0. The summed E-state index contributed by atoms with van der Waals surface area (Å²) in [5, 5.41) is 12.0. The molecular formula is C9H13N7O5S. The Morgan fingerprint density at radius 2 is 2.27 bits per heavy atom. The Kier molecular flexibility index (Phi) is 3.10. The van der Waals surface area contributed by atoms with Crippen molar-refractivity contribution in [1.29, 1.82) is 5.41 Å². The first kappa shape index (κ1) is 14.7. The average molecular weight is 331 g/mol. The van der Waals surface area contributed by atoms with Gasteiger partial charge in [0, 0.05) is 12.1 Å². The molecular weight excluding hydrogens is 318 g/mol. The fourth-order valence-electron chi connectivity index (χ4n) is 2.81. The maximum atomic E-state index is 12.3. The van der Waals surface area contributed by atoms with Crippen LogP contribution in [0, 0.1) is 5.41 Å². The minimum atomic E-state index is -4.86. The second-order valence-corrected chi connectivity index (χ2v) is 5.82. The molecule has 1 fully saturated rings. The molecule has 0 radical (unpaired) electrons. The summed E-state index contributed by atoms with van der Waals surface area (Å²) in [7, 11) is -4.86. The molecule has 0 saturated carbocycles. The molecule has 12 nitrogen and oxygen atoms in total. The van der Waals surface area contributed by atoms with Crippen LogP contribution in [0.4, 0.5) is 4.79 Å². The number of nitrogen functional groups attached to an aromatic ring is 1. The number of urea groups is 1. The highest BCUT2D eigenvalue weighted by Crippen LogP contribution is 2.43. The Bertz CT molecular complexity index is 758. The fraction of sp³-hybridized carbons (Fsp3) is 0.444. The van der Waals surface area contributed by atoms with Gasteiger partial charge in [0.15, 0.2) is 0 Å². The van der Waals surface area contributed by atoms with Crippen molar-refractivity contribution in [3.05, 3.63) is 17.5 Å². The minimum Gasteiger partial charge on any atom is -0.368 e. The number of carbonyl (C=O) groups excluding carboxylic acids is 1. The number of carbonyl (C=O) groups is 1. The molecule has 22 heavy (non-hydrogen) atoms. The predicted octanol–water partition coefficient (Wildman–Crippen LogP) is -1.85. The second-order valence-electron chi connectivity index (χ2n) is 4.81. The summed E-state index contributed by atoms with van der Waals surface area (Å²) in [4.78, 5) is 13.5. The number of nitrogens with two attached hydrogens (primary N) is 2. The van der Waals surface area contributed by atoms with Crippen LogP contribution in [-0.2, 0) is 14.7 Å². The summed E-state index contributed by atoms with van der Waals surface area (Å²) < 4.78 is 36.1. The Balaban J connectivity index is 2.11. The Morgan fingerprint density at radius 1 is 1.59 bits per heavy atom. The summed E-state index contributed by atoms with van der Waals surface area (Å²) in [6.07, 6.45) is 1.36. The summed E-state index contributed by atoms with van der Waals surface area (Å²) in [6.45, 7) is 0.136. The van der Waals surface area contributed by atoms with Crippen LogP contribution in [-0.4, -0.2) is 57.8 Å². The normalized spacial score (nSPS) is 23.8. The zero-order valence-corrected chi connectivity index (χ0v) is 11.9. The Labute approximate surface area is 124 Å². The van der Waals surface area contributed by atoms with Crippen molar-refractivity contribution in [2.24, 2.45) is 11.5 Å². The highest BCUT2D eigenvalue weighted by Gasteiger charge is 2.51. The van der Waals surface area contributed by atoms with Gasteiger partial charge in [-0.1, -0.05) is 0 Å². The number of fused-ring (bicyclic) bond motifs is 4. The van der Waals surface area contributed by atoms with Crippen molar-refractivity contribution in [1.82, 2.24) is 19.7 Å². The van der Waals surface area contributed by atoms with Gasteiger partial charge in [-0.2, -0.15) is 18.6 Å². The van der Waals surface area contributed by atoms with E-state index in [1.807, 2.05) is 0 Å². The zero-order chi connectivity index (χ0) is 16.2. The largest absolute Gasteiger partial charge is 0.418 e. The molecule has 3 heterocycles. The van der Waals surface area contributed by atoms with E-state index in [0.717, 1.165) is 4.68 Å². The monoisotopic (exact) mass is 331 g/mol. The third kappa shape index (κ3) is 2.02. The maximum absolute atomic E-state index is 12.3. The molecule has 0 unspecified atom stereocenters. The van der Waals surface area contributed by atoms with Gasteiger partial charge in [-0.3, -0.25) is 9.96 Å². The van der Waals surface area contributed by atoms with Gasteiger partial charge < -0.3 is 16.4 Å². The van der Waals surface area contributed by atoms with Gasteiger partial charge in [0.25, 0.3) is 0 Å². The van der Waals surface area contributed by atoms with Crippen molar-refractivity contribution in [2.75, 3.05) is 13.1 Å². The van der Waals surface area contributed by atoms with Crippen LogP contribution in [0.5, 0.6) is 0 Å². The number of rotatable bonds is 3. The molecule has 6 N–H and O–H groups in total. The standard InChI is InChI=1S/C9H13N7O5S/c10-1-5-7-4(2-13-15(7)8(11)12)6-3-14(5)9(17)16(6)21-22(18,19)20/h2,5-6H,1,3,10H2,(H3,11,12)(H,18,19,20)/t5-,6-/m1/s1. The van der Waals surface area contributed by atoms with Crippen molar-refractivity contribution in [3.8, 4) is 0 Å². The van der Waals surface area contributed by atoms with Crippen molar-refractivity contribution in [3.63, 3.8) is 0 Å². The molecule has 1 saturated heterocycles. The fourth-order valence-corrected chi connectivity index (χ4v) is 3.18. The number of nitrogens with zero attached hydrogens (tertiary/aromatic N) is 4. The van der Waals surface area contributed by atoms with Crippen LogP contribution in [0.1, 0.15) is 23.3 Å². The lowest BCUT2D eigenvalue weighted by Gasteiger charge is -2.30. The summed E-state index contributed by atoms with van der Waals surface area (Å²) >= 11 is 0. The number of hydroxylamine groups is 2. The van der Waals surface area contributed by atoms with Crippen LogP contribution < -0.4 is 11.5 Å². The number of amides is 2. The maximum Gasteiger partial charge on any atom is 0.418 e. The van der Waals surface area contributed by atoms with Gasteiger partial charge in [-0.05, 0) is 0 Å². The van der Waals surface area contributed by atoms with Crippen molar-refractivity contribution in [2.45, 2.75) is 12.1 Å². The zero-order valence-electron chi connectivity index (χ0n) is 11.1. The summed E-state index contributed by atoms with van der Waals surface area (Å²) in [5.74, 6) is -0.364. The number of aromatic nitrogens is 2. The first-order chi connectivity index (χ1) is 10.2. The quantitative estimate of drug-likeness (QED) is 0.283. The molecule has 120 valence electrons. The lowest BCUT2D eigenvalue weighted by atomic mass is 9.98. The number of hydrogen-bond donors (Lipinski definition) is 4. The highest BCUT2D eigenvalue weighted by atomic mass is 32.3. The van der Waals surface area contributed by atoms with Gasteiger partial charge in [0.05, 0.1) is 24.5 Å². The van der Waals surface area contributed by atoms with Crippen LogP contribution >= 0.6 is 0 Å². The Morgan fingerprint density at radius 3 is 2.82 bits per heavy atom. The predicted molar refractivity (Wildman–Crippen MR) is 70.7 cm³/mol. The van der Waals surface area contributed by atoms with Crippen LogP contribution in [0.3, 0.4) is 0 Å². The lowest BCUT2D eigenvalue weighted by Crippen LogP contribution is -2.40. The average Bonchev–Trinajstić information content (AvgIpc) is 2.95. The van der Waals surface area contributed by atoms with Crippen LogP contribution in [0.2, 0.25) is 0 Å². The lowest BCUT2D eigenvalue weighted by molar-refractivity contribution is -0.0317. The van der Waals surface area contributed by atoms with E-state index in [1.54, 1.807) is 0 Å². The van der Waals surface area contributed by atoms with Crippen LogP contribution in [0.25, 0.3) is 0 Å². The summed E-state index contributed by atoms with van der Waals surface area (Å²) in [6, 6.07) is -2.20. The van der Waals surface area contributed by atoms with Gasteiger partial charge in [0.2, 0.25) is 5.96 Å². The van der Waals surface area contributed by atoms with E-state index in [0.29, 0.717) is 16.3 Å². The molecule has 0 aromatic carbocycles. The van der Waals surface area contributed by atoms with E-state index in [9.17, 15) is 13.2 Å². The van der Waals surface area contributed by atoms with E-state index >= 15 is 0 Å². The topological polar surface area (TPSA) is 181 Å². The minimum absolute atomic E-state index is 0.0180. The molecule has 1 aromatic heterocycles. The van der Waals surface area contributed by atoms with Gasteiger partial charge in [-0.25, -0.2) is 9.48 Å². The second kappa shape index (κ2) is 4.64. The first-order valence-corrected chi connectivity index (χ1v) is 7.50. The van der Waals surface area contributed by atoms with E-state index in [4.69, 9.17) is 21.4 Å². The molecule has 2 bridgehead atoms.